The number of carbonyl (C=O) groups is 4. The third-order valence-corrected chi connectivity index (χ3v) is 5.14. The van der Waals surface area contributed by atoms with Gasteiger partial charge >= 0.3 is 12.0 Å². The van der Waals surface area contributed by atoms with Crippen molar-refractivity contribution in [2.24, 2.45) is 5.92 Å². The molecule has 3 heterocycles. The molecule has 2 saturated heterocycles. The summed E-state index contributed by atoms with van der Waals surface area (Å²) >= 11 is 0. The maximum Gasteiger partial charge on any atom is 0.325 e. The molecule has 3 rings (SSSR count). The molecule has 1 N–H and O–H groups in total. The van der Waals surface area contributed by atoms with Crippen LogP contribution in [0.15, 0.2) is 24.4 Å². The van der Waals surface area contributed by atoms with Crippen LogP contribution in [0, 0.1) is 5.92 Å². The highest BCUT2D eigenvalue weighted by molar-refractivity contribution is 6.09. The Morgan fingerprint density at radius 1 is 1.36 bits per heavy atom. The highest BCUT2D eigenvalue weighted by atomic mass is 16.5. The number of ether oxygens (including phenoxy) is 1. The number of esters is 1. The molecule has 0 bridgehead atoms. The second-order valence-electron chi connectivity index (χ2n) is 7.09. The van der Waals surface area contributed by atoms with Crippen LogP contribution in [0.1, 0.15) is 32.4 Å². The number of aromatic nitrogens is 1. The van der Waals surface area contributed by atoms with E-state index in [1.54, 1.807) is 32.0 Å². The van der Waals surface area contributed by atoms with Crippen LogP contribution in [0.3, 0.4) is 0 Å². The molecule has 1 aromatic heterocycles. The van der Waals surface area contributed by atoms with Crippen LogP contribution in [-0.4, -0.2) is 64.8 Å². The fraction of sp³-hybridized carbons (Fsp3) is 0.526. The number of nitrogens with one attached hydrogen (secondary N) is 1. The summed E-state index contributed by atoms with van der Waals surface area (Å²) in [6, 6.07) is 4.46. The molecule has 2 aliphatic rings. The Hall–Kier alpha value is -2.97. The van der Waals surface area contributed by atoms with E-state index in [1.807, 2.05) is 0 Å². The summed E-state index contributed by atoms with van der Waals surface area (Å²) < 4.78 is 5.04. The maximum atomic E-state index is 12.9. The van der Waals surface area contributed by atoms with Gasteiger partial charge < -0.3 is 15.0 Å². The fourth-order valence-corrected chi connectivity index (χ4v) is 3.56. The predicted octanol–water partition coefficient (Wildman–Crippen LogP) is 0.650. The number of pyridine rings is 1. The highest BCUT2D eigenvalue weighted by Crippen LogP contribution is 2.27. The third kappa shape index (κ3) is 3.69. The number of hydrogen-bond acceptors (Lipinski definition) is 6. The van der Waals surface area contributed by atoms with Gasteiger partial charge in [0.25, 0.3) is 5.91 Å². The van der Waals surface area contributed by atoms with Crippen molar-refractivity contribution in [3.63, 3.8) is 0 Å². The zero-order chi connectivity index (χ0) is 20.3. The minimum atomic E-state index is -1.31. The molecule has 0 spiro atoms. The van der Waals surface area contributed by atoms with Crippen molar-refractivity contribution < 1.29 is 23.9 Å². The van der Waals surface area contributed by atoms with Crippen LogP contribution in [-0.2, 0) is 24.7 Å². The van der Waals surface area contributed by atoms with E-state index >= 15 is 0 Å². The number of imide groups is 1. The number of urea groups is 1. The van der Waals surface area contributed by atoms with E-state index in [2.05, 4.69) is 10.3 Å². The average molecular weight is 388 g/mol. The summed E-state index contributed by atoms with van der Waals surface area (Å²) in [6.07, 6.45) is 2.86. The monoisotopic (exact) mass is 388 g/mol. The number of likely N-dealkylation sites (tertiary alicyclic amines) is 1. The summed E-state index contributed by atoms with van der Waals surface area (Å²) in [4.78, 5) is 56.5. The molecule has 1 aromatic rings. The van der Waals surface area contributed by atoms with Gasteiger partial charge in [-0.2, -0.15) is 0 Å². The van der Waals surface area contributed by atoms with Crippen molar-refractivity contribution in [1.29, 1.82) is 0 Å². The van der Waals surface area contributed by atoms with Crippen molar-refractivity contribution >= 4 is 23.8 Å². The first-order chi connectivity index (χ1) is 13.4. The lowest BCUT2D eigenvalue weighted by molar-refractivity contribution is -0.152. The Labute approximate surface area is 163 Å². The molecule has 2 aliphatic heterocycles. The Morgan fingerprint density at radius 2 is 2.14 bits per heavy atom. The lowest BCUT2D eigenvalue weighted by Gasteiger charge is -2.32. The number of carbonyl (C=O) groups excluding carboxylic acids is 4. The van der Waals surface area contributed by atoms with Gasteiger partial charge in [-0.1, -0.05) is 6.07 Å². The SMILES string of the molecule is CCOC(=O)C1CCCN(C(=O)CN2C(=O)NC(C)(c3ccccn3)C2=O)C1. The average Bonchev–Trinajstić information content (AvgIpc) is 2.93. The highest BCUT2D eigenvalue weighted by Gasteiger charge is 2.50. The van der Waals surface area contributed by atoms with E-state index in [-0.39, 0.29) is 37.5 Å². The van der Waals surface area contributed by atoms with E-state index < -0.39 is 17.5 Å². The van der Waals surface area contributed by atoms with Gasteiger partial charge in [-0.05, 0) is 38.8 Å². The Bertz CT molecular complexity index is 784. The van der Waals surface area contributed by atoms with Gasteiger partial charge in [-0.3, -0.25) is 24.3 Å². The first-order valence-corrected chi connectivity index (χ1v) is 9.37. The lowest BCUT2D eigenvalue weighted by atomic mass is 9.97. The summed E-state index contributed by atoms with van der Waals surface area (Å²) in [6.45, 7) is 3.94. The van der Waals surface area contributed by atoms with E-state index in [0.717, 1.165) is 4.90 Å². The normalized spacial score (nSPS) is 24.9. The number of hydrogen-bond donors (Lipinski definition) is 1. The molecule has 0 aliphatic carbocycles. The predicted molar refractivity (Wildman–Crippen MR) is 97.8 cm³/mol. The number of nitrogens with zero attached hydrogens (tertiary/aromatic N) is 3. The Morgan fingerprint density at radius 3 is 2.82 bits per heavy atom. The van der Waals surface area contributed by atoms with Crippen LogP contribution in [0.25, 0.3) is 0 Å². The van der Waals surface area contributed by atoms with Gasteiger partial charge in [0.15, 0.2) is 5.54 Å². The number of rotatable bonds is 5. The molecule has 0 aromatic carbocycles. The van der Waals surface area contributed by atoms with Gasteiger partial charge in [-0.15, -0.1) is 0 Å². The van der Waals surface area contributed by atoms with E-state index in [4.69, 9.17) is 4.74 Å². The second-order valence-corrected chi connectivity index (χ2v) is 7.09. The zero-order valence-electron chi connectivity index (χ0n) is 16.0. The molecule has 0 saturated carbocycles. The summed E-state index contributed by atoms with van der Waals surface area (Å²) in [5, 5.41) is 2.63. The van der Waals surface area contributed by atoms with Crippen molar-refractivity contribution in [1.82, 2.24) is 20.1 Å². The van der Waals surface area contributed by atoms with Crippen LogP contribution in [0.4, 0.5) is 4.79 Å². The minimum Gasteiger partial charge on any atom is -0.466 e. The smallest absolute Gasteiger partial charge is 0.325 e. The van der Waals surface area contributed by atoms with E-state index in [1.165, 1.54) is 11.1 Å². The van der Waals surface area contributed by atoms with Crippen molar-refractivity contribution in [2.45, 2.75) is 32.2 Å². The molecule has 0 radical (unpaired) electrons. The maximum absolute atomic E-state index is 12.9. The second kappa shape index (κ2) is 7.95. The van der Waals surface area contributed by atoms with E-state index in [9.17, 15) is 19.2 Å². The first-order valence-electron chi connectivity index (χ1n) is 9.37. The summed E-state index contributed by atoms with van der Waals surface area (Å²) in [5.41, 5.74) is -0.905. The van der Waals surface area contributed by atoms with Crippen LogP contribution in [0.5, 0.6) is 0 Å². The lowest BCUT2D eigenvalue weighted by Crippen LogP contribution is -2.48. The van der Waals surface area contributed by atoms with Crippen molar-refractivity contribution in [3.05, 3.63) is 30.1 Å². The molecule has 4 amide bonds. The molecular weight excluding hydrogens is 364 g/mol. The molecule has 9 nitrogen and oxygen atoms in total. The zero-order valence-corrected chi connectivity index (χ0v) is 16.0. The topological polar surface area (TPSA) is 109 Å². The van der Waals surface area contributed by atoms with Gasteiger partial charge in [-0.25, -0.2) is 4.79 Å². The minimum absolute atomic E-state index is 0.235. The van der Waals surface area contributed by atoms with Crippen molar-refractivity contribution in [2.75, 3.05) is 26.2 Å². The van der Waals surface area contributed by atoms with Crippen LogP contribution in [0.2, 0.25) is 0 Å². The summed E-state index contributed by atoms with van der Waals surface area (Å²) in [5.74, 6) is -1.59. The molecule has 28 heavy (non-hydrogen) atoms. The van der Waals surface area contributed by atoms with Crippen LogP contribution >= 0.6 is 0 Å². The first kappa shape index (κ1) is 19.8. The summed E-state index contributed by atoms with van der Waals surface area (Å²) in [7, 11) is 0. The molecule has 9 heteroatoms. The molecule has 150 valence electrons. The fourth-order valence-electron chi connectivity index (χ4n) is 3.56. The Balaban J connectivity index is 1.68. The quantitative estimate of drug-likeness (QED) is 0.586. The largest absolute Gasteiger partial charge is 0.466 e. The number of piperidine rings is 1. The van der Waals surface area contributed by atoms with Gasteiger partial charge in [0.1, 0.15) is 6.54 Å². The van der Waals surface area contributed by atoms with E-state index in [0.29, 0.717) is 25.1 Å². The Kier molecular flexibility index (Phi) is 5.62. The molecule has 2 fully saturated rings. The third-order valence-electron chi connectivity index (χ3n) is 5.14. The van der Waals surface area contributed by atoms with Crippen molar-refractivity contribution in [3.8, 4) is 0 Å². The molecule has 2 atom stereocenters. The standard InChI is InChI=1S/C19H24N4O5/c1-3-28-16(25)13-7-6-10-22(11-13)15(24)12-23-17(26)19(2,21-18(23)27)14-8-4-5-9-20-14/h4-5,8-9,13H,3,6-7,10-12H2,1-2H3,(H,21,27). The van der Waals surface area contributed by atoms with Gasteiger partial charge in [0.05, 0.1) is 18.2 Å². The molecular formula is C19H24N4O5. The van der Waals surface area contributed by atoms with Gasteiger partial charge in [0.2, 0.25) is 5.91 Å². The molecule has 2 unspecified atom stereocenters. The van der Waals surface area contributed by atoms with Crippen LogP contribution < -0.4 is 5.32 Å². The van der Waals surface area contributed by atoms with Gasteiger partial charge in [0, 0.05) is 19.3 Å². The number of amides is 4.